The highest BCUT2D eigenvalue weighted by atomic mass is 32.1. The van der Waals surface area contributed by atoms with Gasteiger partial charge in [0.05, 0.1) is 11.7 Å². The molecule has 1 aromatic carbocycles. The monoisotopic (exact) mass is 216 g/mol. The van der Waals surface area contributed by atoms with E-state index in [0.29, 0.717) is 5.88 Å². The fourth-order valence-electron chi connectivity index (χ4n) is 1.16. The number of ether oxygens (including phenoxy) is 1. The minimum absolute atomic E-state index is 0.214. The van der Waals surface area contributed by atoms with Gasteiger partial charge in [-0.2, -0.15) is 4.37 Å². The lowest BCUT2D eigenvalue weighted by atomic mass is 10.2. The largest absolute Gasteiger partial charge is 0.462 e. The summed E-state index contributed by atoms with van der Waals surface area (Å²) in [5.41, 5.74) is 1.73. The van der Waals surface area contributed by atoms with Crippen LogP contribution in [-0.2, 0) is 0 Å². The smallest absolute Gasteiger partial charge is 0.254 e. The molecule has 2 rings (SSSR count). The van der Waals surface area contributed by atoms with Gasteiger partial charge in [0.25, 0.3) is 5.88 Å². The quantitative estimate of drug-likeness (QED) is 0.738. The van der Waals surface area contributed by atoms with E-state index in [-0.39, 0.29) is 6.61 Å². The van der Waals surface area contributed by atoms with Gasteiger partial charge >= 0.3 is 0 Å². The van der Waals surface area contributed by atoms with Gasteiger partial charge in [-0.25, -0.2) is 0 Å². The highest BCUT2D eigenvalue weighted by molar-refractivity contribution is 6.99. The number of hydrogen-bond acceptors (Lipinski definition) is 4. The predicted molar refractivity (Wildman–Crippen MR) is 59.7 cm³/mol. The second-order valence-electron chi connectivity index (χ2n) is 2.78. The van der Waals surface area contributed by atoms with Crippen LogP contribution in [0.25, 0.3) is 11.3 Å². The van der Waals surface area contributed by atoms with E-state index in [4.69, 9.17) is 11.2 Å². The molecule has 3 nitrogen and oxygen atoms in total. The second-order valence-corrected chi connectivity index (χ2v) is 3.31. The Morgan fingerprint density at radius 1 is 1.27 bits per heavy atom. The summed E-state index contributed by atoms with van der Waals surface area (Å²) in [4.78, 5) is 0. The topological polar surface area (TPSA) is 35.0 Å². The first kappa shape index (κ1) is 9.69. The van der Waals surface area contributed by atoms with Crippen molar-refractivity contribution in [2.45, 2.75) is 0 Å². The van der Waals surface area contributed by atoms with Crippen LogP contribution in [0.1, 0.15) is 0 Å². The van der Waals surface area contributed by atoms with Crippen LogP contribution in [-0.4, -0.2) is 15.4 Å². The zero-order valence-corrected chi connectivity index (χ0v) is 8.70. The Kier molecular flexibility index (Phi) is 2.96. The van der Waals surface area contributed by atoms with Crippen LogP contribution in [0.5, 0.6) is 5.88 Å². The number of hydrogen-bond donors (Lipinski definition) is 0. The van der Waals surface area contributed by atoms with Crippen LogP contribution >= 0.6 is 11.7 Å². The fourth-order valence-corrected chi connectivity index (χ4v) is 1.68. The van der Waals surface area contributed by atoms with Gasteiger partial charge in [0, 0.05) is 5.56 Å². The number of benzene rings is 1. The molecule has 0 unspecified atom stereocenters. The first-order chi connectivity index (χ1) is 7.42. The standard InChI is InChI=1S/C11H8N2OS/c1-2-8-14-11-10(12-15-13-11)9-6-4-3-5-7-9/h1,3-7H,8H2. The van der Waals surface area contributed by atoms with Crippen molar-refractivity contribution in [1.29, 1.82) is 0 Å². The van der Waals surface area contributed by atoms with Gasteiger partial charge in [0.2, 0.25) is 0 Å². The summed E-state index contributed by atoms with van der Waals surface area (Å²) in [6, 6.07) is 9.75. The Hall–Kier alpha value is -1.86. The van der Waals surface area contributed by atoms with Crippen molar-refractivity contribution in [3.8, 4) is 29.5 Å². The zero-order valence-electron chi connectivity index (χ0n) is 7.88. The van der Waals surface area contributed by atoms with Gasteiger partial charge in [-0.3, -0.25) is 0 Å². The highest BCUT2D eigenvalue weighted by Crippen LogP contribution is 2.27. The molecule has 0 bridgehead atoms. The molecule has 0 N–H and O–H groups in total. The summed E-state index contributed by atoms with van der Waals surface area (Å²) in [7, 11) is 0. The summed E-state index contributed by atoms with van der Waals surface area (Å²) in [5.74, 6) is 2.90. The Morgan fingerprint density at radius 3 is 2.80 bits per heavy atom. The van der Waals surface area contributed by atoms with Crippen LogP contribution in [0, 0.1) is 12.3 Å². The average Bonchev–Trinajstić information content (AvgIpc) is 2.75. The third kappa shape index (κ3) is 2.14. The van der Waals surface area contributed by atoms with Gasteiger partial charge in [-0.05, 0) is 0 Å². The second kappa shape index (κ2) is 4.58. The normalized spacial score (nSPS) is 9.53. The van der Waals surface area contributed by atoms with Crippen molar-refractivity contribution < 1.29 is 4.74 Å². The molecule has 74 valence electrons. The fraction of sp³-hybridized carbons (Fsp3) is 0.0909. The van der Waals surface area contributed by atoms with Crippen molar-refractivity contribution >= 4 is 11.7 Å². The van der Waals surface area contributed by atoms with E-state index in [9.17, 15) is 0 Å². The maximum absolute atomic E-state index is 5.28. The van der Waals surface area contributed by atoms with E-state index >= 15 is 0 Å². The third-order valence-electron chi connectivity index (χ3n) is 1.80. The lowest BCUT2D eigenvalue weighted by molar-refractivity contribution is 0.360. The highest BCUT2D eigenvalue weighted by Gasteiger charge is 2.10. The molecule has 15 heavy (non-hydrogen) atoms. The molecule has 0 saturated carbocycles. The van der Waals surface area contributed by atoms with Gasteiger partial charge in [0.15, 0.2) is 6.61 Å². The van der Waals surface area contributed by atoms with Crippen LogP contribution in [0.4, 0.5) is 0 Å². The maximum Gasteiger partial charge on any atom is 0.254 e. The molecule has 1 heterocycles. The van der Waals surface area contributed by atoms with Crippen LogP contribution in [0.2, 0.25) is 0 Å². The molecule has 0 aliphatic heterocycles. The summed E-state index contributed by atoms with van der Waals surface area (Å²) in [5, 5.41) is 0. The Labute approximate surface area is 92.1 Å². The van der Waals surface area contributed by atoms with Crippen molar-refractivity contribution in [3.63, 3.8) is 0 Å². The molecular weight excluding hydrogens is 208 g/mol. The van der Waals surface area contributed by atoms with E-state index in [2.05, 4.69) is 14.7 Å². The van der Waals surface area contributed by atoms with Crippen LogP contribution < -0.4 is 4.74 Å². The van der Waals surface area contributed by atoms with Gasteiger partial charge in [-0.15, -0.1) is 10.8 Å². The molecule has 1 aromatic heterocycles. The minimum Gasteiger partial charge on any atom is -0.462 e. The summed E-state index contributed by atoms with van der Waals surface area (Å²) < 4.78 is 13.5. The molecule has 0 fully saturated rings. The first-order valence-corrected chi connectivity index (χ1v) is 5.09. The third-order valence-corrected chi connectivity index (χ3v) is 2.31. The van der Waals surface area contributed by atoms with E-state index < -0.39 is 0 Å². The molecule has 0 aliphatic carbocycles. The zero-order chi connectivity index (χ0) is 10.5. The number of nitrogens with zero attached hydrogens (tertiary/aromatic N) is 2. The van der Waals surface area contributed by atoms with Crippen molar-refractivity contribution in [3.05, 3.63) is 30.3 Å². The first-order valence-electron chi connectivity index (χ1n) is 4.36. The molecule has 0 atom stereocenters. The lowest BCUT2D eigenvalue weighted by Crippen LogP contribution is -1.95. The SMILES string of the molecule is C#CCOc1nsnc1-c1ccccc1. The Bertz CT molecular complexity index is 473. The summed E-state index contributed by atoms with van der Waals surface area (Å²) in [6.07, 6.45) is 5.11. The molecule has 4 heteroatoms. The van der Waals surface area contributed by atoms with Crippen LogP contribution in [0.15, 0.2) is 30.3 Å². The van der Waals surface area contributed by atoms with E-state index in [1.165, 1.54) is 0 Å². The van der Waals surface area contributed by atoms with Gasteiger partial charge < -0.3 is 4.74 Å². The number of aromatic nitrogens is 2. The number of rotatable bonds is 3. The Morgan fingerprint density at radius 2 is 2.07 bits per heavy atom. The lowest BCUT2D eigenvalue weighted by Gasteiger charge is -2.00. The molecule has 2 aromatic rings. The molecule has 0 aliphatic rings. The van der Waals surface area contributed by atoms with Crippen molar-refractivity contribution in [1.82, 2.24) is 8.75 Å². The summed E-state index contributed by atoms with van der Waals surface area (Å²) >= 11 is 1.12. The maximum atomic E-state index is 5.28. The molecular formula is C11H8N2OS. The number of terminal acetylenes is 1. The van der Waals surface area contributed by atoms with Gasteiger partial charge in [0.1, 0.15) is 5.69 Å². The predicted octanol–water partition coefficient (Wildman–Crippen LogP) is 2.22. The van der Waals surface area contributed by atoms with Crippen molar-refractivity contribution in [2.24, 2.45) is 0 Å². The molecule has 0 spiro atoms. The van der Waals surface area contributed by atoms with E-state index in [1.54, 1.807) is 0 Å². The Balaban J connectivity index is 2.30. The molecule has 0 amide bonds. The van der Waals surface area contributed by atoms with E-state index in [1.807, 2.05) is 30.3 Å². The summed E-state index contributed by atoms with van der Waals surface area (Å²) in [6.45, 7) is 0.214. The average molecular weight is 216 g/mol. The van der Waals surface area contributed by atoms with Crippen molar-refractivity contribution in [2.75, 3.05) is 6.61 Å². The molecule has 0 radical (unpaired) electrons. The van der Waals surface area contributed by atoms with E-state index in [0.717, 1.165) is 23.0 Å². The van der Waals surface area contributed by atoms with Gasteiger partial charge in [-0.1, -0.05) is 36.3 Å². The minimum atomic E-state index is 0.214. The van der Waals surface area contributed by atoms with Crippen LogP contribution in [0.3, 0.4) is 0 Å². The molecule has 0 saturated heterocycles.